The molecule has 0 unspecified atom stereocenters. The van der Waals surface area contributed by atoms with Gasteiger partial charge in [0.25, 0.3) is 0 Å². The molecule has 3 rings (SSSR count). The van der Waals surface area contributed by atoms with E-state index < -0.39 is 11.9 Å². The van der Waals surface area contributed by atoms with Gasteiger partial charge in [-0.05, 0) is 6.07 Å². The van der Waals surface area contributed by atoms with Crippen molar-refractivity contribution in [1.82, 2.24) is 19.9 Å². The number of hydrogen-bond donors (Lipinski definition) is 0. The number of piperazine rings is 1. The van der Waals surface area contributed by atoms with Gasteiger partial charge < -0.3 is 9.80 Å². The van der Waals surface area contributed by atoms with Crippen LogP contribution in [0.15, 0.2) is 24.7 Å². The van der Waals surface area contributed by atoms with Crippen molar-refractivity contribution in [3.63, 3.8) is 0 Å². The zero-order valence-corrected chi connectivity index (χ0v) is 15.0. The molecular formula is C17H21F3N6. The number of nitrogens with zero attached hydrogens (tertiary/aromatic N) is 6. The number of hydrogen-bond acceptors (Lipinski definition) is 6. The first-order valence-corrected chi connectivity index (χ1v) is 8.37. The van der Waals surface area contributed by atoms with Gasteiger partial charge in [0.2, 0.25) is 5.95 Å². The lowest BCUT2D eigenvalue weighted by atomic mass is 9.92. The molecule has 26 heavy (non-hydrogen) atoms. The van der Waals surface area contributed by atoms with Gasteiger partial charge >= 0.3 is 6.18 Å². The van der Waals surface area contributed by atoms with Crippen molar-refractivity contribution < 1.29 is 13.2 Å². The van der Waals surface area contributed by atoms with Crippen molar-refractivity contribution in [3.05, 3.63) is 36.0 Å². The van der Waals surface area contributed by atoms with Gasteiger partial charge in [-0.3, -0.25) is 0 Å². The Hall–Kier alpha value is -2.45. The predicted octanol–water partition coefficient (Wildman–Crippen LogP) is 2.91. The minimum atomic E-state index is -4.47. The number of aromatic nitrogens is 4. The Morgan fingerprint density at radius 2 is 1.54 bits per heavy atom. The van der Waals surface area contributed by atoms with Crippen LogP contribution in [-0.4, -0.2) is 46.1 Å². The SMILES string of the molecule is CC(C)(C)c1cc(N2CCN(c3nccc(C(F)(F)F)n3)CC2)ncn1. The highest BCUT2D eigenvalue weighted by Crippen LogP contribution is 2.28. The molecular weight excluding hydrogens is 345 g/mol. The van der Waals surface area contributed by atoms with Crippen LogP contribution in [0.5, 0.6) is 0 Å². The molecule has 0 aliphatic carbocycles. The molecule has 0 saturated carbocycles. The molecule has 3 heterocycles. The number of rotatable bonds is 2. The molecule has 2 aromatic rings. The molecule has 0 radical (unpaired) electrons. The summed E-state index contributed by atoms with van der Waals surface area (Å²) in [6.45, 7) is 8.55. The van der Waals surface area contributed by atoms with Crippen molar-refractivity contribution in [3.8, 4) is 0 Å². The van der Waals surface area contributed by atoms with Crippen LogP contribution in [-0.2, 0) is 11.6 Å². The summed E-state index contributed by atoms with van der Waals surface area (Å²) in [7, 11) is 0. The first kappa shape index (κ1) is 18.3. The number of alkyl halides is 3. The zero-order chi connectivity index (χ0) is 18.9. The monoisotopic (exact) mass is 366 g/mol. The summed E-state index contributed by atoms with van der Waals surface area (Å²) in [4.78, 5) is 20.2. The lowest BCUT2D eigenvalue weighted by molar-refractivity contribution is -0.141. The second-order valence-corrected chi connectivity index (χ2v) is 7.23. The molecule has 0 spiro atoms. The van der Waals surface area contributed by atoms with Gasteiger partial charge in [0, 0.05) is 43.9 Å². The van der Waals surface area contributed by atoms with E-state index in [4.69, 9.17) is 0 Å². The number of halogens is 3. The lowest BCUT2D eigenvalue weighted by Crippen LogP contribution is -2.47. The molecule has 1 aliphatic heterocycles. The second-order valence-electron chi connectivity index (χ2n) is 7.23. The molecule has 9 heteroatoms. The Morgan fingerprint density at radius 1 is 0.885 bits per heavy atom. The molecule has 0 bridgehead atoms. The Bertz CT molecular complexity index is 698. The van der Waals surface area contributed by atoms with Crippen LogP contribution in [0.2, 0.25) is 0 Å². The van der Waals surface area contributed by atoms with Gasteiger partial charge in [-0.1, -0.05) is 20.8 Å². The molecule has 140 valence electrons. The summed E-state index contributed by atoms with van der Waals surface area (Å²) in [5.74, 6) is 0.937. The van der Waals surface area contributed by atoms with Crippen LogP contribution >= 0.6 is 0 Å². The summed E-state index contributed by atoms with van der Waals surface area (Å²) >= 11 is 0. The molecule has 0 N–H and O–H groups in total. The van der Waals surface area contributed by atoms with E-state index in [1.807, 2.05) is 6.07 Å². The van der Waals surface area contributed by atoms with Crippen molar-refractivity contribution in [2.75, 3.05) is 36.0 Å². The fourth-order valence-corrected chi connectivity index (χ4v) is 2.72. The average molecular weight is 366 g/mol. The van der Waals surface area contributed by atoms with E-state index in [-0.39, 0.29) is 11.4 Å². The second kappa shape index (κ2) is 6.69. The van der Waals surface area contributed by atoms with E-state index >= 15 is 0 Å². The fraction of sp³-hybridized carbons (Fsp3) is 0.529. The van der Waals surface area contributed by atoms with Gasteiger partial charge in [0.15, 0.2) is 0 Å². The third-order valence-electron chi connectivity index (χ3n) is 4.24. The van der Waals surface area contributed by atoms with Gasteiger partial charge in [-0.15, -0.1) is 0 Å². The van der Waals surface area contributed by atoms with Crippen molar-refractivity contribution >= 4 is 11.8 Å². The molecule has 1 aliphatic rings. The summed E-state index contributed by atoms with van der Waals surface area (Å²) in [6.07, 6.45) is -1.76. The van der Waals surface area contributed by atoms with Crippen LogP contribution in [0.25, 0.3) is 0 Å². The van der Waals surface area contributed by atoms with E-state index in [0.717, 1.165) is 23.8 Å². The summed E-state index contributed by atoms with van der Waals surface area (Å²) < 4.78 is 38.5. The quantitative estimate of drug-likeness (QED) is 0.815. The largest absolute Gasteiger partial charge is 0.433 e. The van der Waals surface area contributed by atoms with Crippen molar-refractivity contribution in [2.45, 2.75) is 32.4 Å². The summed E-state index contributed by atoms with van der Waals surface area (Å²) in [6, 6.07) is 2.85. The third-order valence-corrected chi connectivity index (χ3v) is 4.24. The van der Waals surface area contributed by atoms with E-state index in [0.29, 0.717) is 26.2 Å². The molecule has 2 aromatic heterocycles. The van der Waals surface area contributed by atoms with Gasteiger partial charge in [-0.25, -0.2) is 19.9 Å². The Balaban J connectivity index is 1.70. The van der Waals surface area contributed by atoms with Crippen LogP contribution < -0.4 is 9.80 Å². The highest BCUT2D eigenvalue weighted by molar-refractivity contribution is 5.43. The molecule has 1 saturated heterocycles. The molecule has 1 fully saturated rings. The van der Waals surface area contributed by atoms with Gasteiger partial charge in [-0.2, -0.15) is 13.2 Å². The van der Waals surface area contributed by atoms with Gasteiger partial charge in [0.05, 0.1) is 5.69 Å². The maximum absolute atomic E-state index is 12.8. The summed E-state index contributed by atoms with van der Waals surface area (Å²) in [5, 5.41) is 0. The van der Waals surface area contributed by atoms with E-state index in [2.05, 4.69) is 45.6 Å². The molecule has 0 atom stereocenters. The topological polar surface area (TPSA) is 58.0 Å². The minimum Gasteiger partial charge on any atom is -0.353 e. The maximum atomic E-state index is 12.8. The van der Waals surface area contributed by atoms with Crippen LogP contribution in [0.4, 0.5) is 24.9 Å². The molecule has 0 amide bonds. The van der Waals surface area contributed by atoms with E-state index in [1.54, 1.807) is 11.2 Å². The van der Waals surface area contributed by atoms with Gasteiger partial charge in [0.1, 0.15) is 17.8 Å². The zero-order valence-electron chi connectivity index (χ0n) is 15.0. The fourth-order valence-electron chi connectivity index (χ4n) is 2.72. The van der Waals surface area contributed by atoms with Crippen LogP contribution in [0.1, 0.15) is 32.2 Å². The highest BCUT2D eigenvalue weighted by atomic mass is 19.4. The highest BCUT2D eigenvalue weighted by Gasteiger charge is 2.33. The molecule has 6 nitrogen and oxygen atoms in total. The standard InChI is InChI=1S/C17H21F3N6/c1-16(2,3)13-10-14(23-11-22-13)25-6-8-26(9-7-25)15-21-5-4-12(24-15)17(18,19)20/h4-5,10-11H,6-9H2,1-3H3. The van der Waals surface area contributed by atoms with Crippen molar-refractivity contribution in [2.24, 2.45) is 0 Å². The third kappa shape index (κ3) is 4.03. The van der Waals surface area contributed by atoms with E-state index in [1.165, 1.54) is 0 Å². The first-order valence-electron chi connectivity index (χ1n) is 8.37. The Morgan fingerprint density at radius 3 is 2.15 bits per heavy atom. The van der Waals surface area contributed by atoms with Crippen LogP contribution in [0.3, 0.4) is 0 Å². The Kier molecular flexibility index (Phi) is 4.72. The predicted molar refractivity (Wildman–Crippen MR) is 92.2 cm³/mol. The Labute approximate surface area is 150 Å². The lowest BCUT2D eigenvalue weighted by Gasteiger charge is -2.35. The summed E-state index contributed by atoms with van der Waals surface area (Å²) in [5.41, 5.74) is -0.0486. The minimum absolute atomic E-state index is 0.0780. The average Bonchev–Trinajstić information content (AvgIpc) is 2.61. The maximum Gasteiger partial charge on any atom is 0.433 e. The molecule has 0 aromatic carbocycles. The van der Waals surface area contributed by atoms with E-state index in [9.17, 15) is 13.2 Å². The van der Waals surface area contributed by atoms with Crippen molar-refractivity contribution in [1.29, 1.82) is 0 Å². The smallest absolute Gasteiger partial charge is 0.353 e. The normalized spacial score (nSPS) is 16.1. The first-order chi connectivity index (χ1) is 12.1. The van der Waals surface area contributed by atoms with Crippen LogP contribution in [0, 0.1) is 0 Å². The number of anilines is 2.